The molecule has 0 aliphatic carbocycles. The third-order valence-corrected chi connectivity index (χ3v) is 2.99. The molecule has 3 aromatic rings. The SMILES string of the molecule is NCc1ccc(C(=O)Nc2cccc(-n3ccnc3)c2)o1. The third kappa shape index (κ3) is 2.85. The normalized spacial score (nSPS) is 10.5. The van der Waals surface area contributed by atoms with Crippen molar-refractivity contribution >= 4 is 11.6 Å². The minimum Gasteiger partial charge on any atom is -0.455 e. The maximum Gasteiger partial charge on any atom is 0.291 e. The van der Waals surface area contributed by atoms with E-state index in [1.54, 1.807) is 24.7 Å². The van der Waals surface area contributed by atoms with Crippen molar-refractivity contribution in [3.63, 3.8) is 0 Å². The molecule has 0 saturated heterocycles. The Balaban J connectivity index is 1.78. The average molecular weight is 282 g/mol. The standard InChI is InChI=1S/C15H14N4O2/c16-9-13-4-5-14(21-13)15(20)18-11-2-1-3-12(8-11)19-7-6-17-10-19/h1-8,10H,9,16H2,(H,18,20). The number of carbonyl (C=O) groups is 1. The fourth-order valence-corrected chi connectivity index (χ4v) is 1.96. The van der Waals surface area contributed by atoms with E-state index in [1.165, 1.54) is 0 Å². The first kappa shape index (κ1) is 13.1. The van der Waals surface area contributed by atoms with Gasteiger partial charge in [-0.1, -0.05) is 6.07 Å². The summed E-state index contributed by atoms with van der Waals surface area (Å²) in [6.45, 7) is 0.267. The summed E-state index contributed by atoms with van der Waals surface area (Å²) in [6, 6.07) is 10.8. The predicted molar refractivity (Wildman–Crippen MR) is 78.1 cm³/mol. The number of nitrogens with two attached hydrogens (primary N) is 1. The zero-order chi connectivity index (χ0) is 14.7. The van der Waals surface area contributed by atoms with Gasteiger partial charge in [-0.15, -0.1) is 0 Å². The van der Waals surface area contributed by atoms with Gasteiger partial charge < -0.3 is 20.0 Å². The zero-order valence-corrected chi connectivity index (χ0v) is 11.2. The monoisotopic (exact) mass is 282 g/mol. The maximum atomic E-state index is 12.1. The number of nitrogens with one attached hydrogen (secondary N) is 1. The van der Waals surface area contributed by atoms with E-state index in [4.69, 9.17) is 10.2 Å². The van der Waals surface area contributed by atoms with Gasteiger partial charge in [0.2, 0.25) is 0 Å². The molecule has 0 bridgehead atoms. The van der Waals surface area contributed by atoms with Crippen LogP contribution in [-0.4, -0.2) is 15.5 Å². The van der Waals surface area contributed by atoms with E-state index in [0.717, 1.165) is 5.69 Å². The Bertz CT molecular complexity index is 747. The molecule has 106 valence electrons. The molecule has 21 heavy (non-hydrogen) atoms. The highest BCUT2D eigenvalue weighted by atomic mass is 16.4. The van der Waals surface area contributed by atoms with E-state index in [1.807, 2.05) is 35.0 Å². The summed E-state index contributed by atoms with van der Waals surface area (Å²) in [5.74, 6) is 0.508. The molecule has 0 aliphatic rings. The maximum absolute atomic E-state index is 12.1. The molecule has 2 aromatic heterocycles. The third-order valence-electron chi connectivity index (χ3n) is 2.99. The number of aromatic nitrogens is 2. The summed E-state index contributed by atoms with van der Waals surface area (Å²) >= 11 is 0. The average Bonchev–Trinajstić information content (AvgIpc) is 3.19. The Labute approximate surface area is 121 Å². The van der Waals surface area contributed by atoms with Crippen LogP contribution in [0.2, 0.25) is 0 Å². The molecule has 3 rings (SSSR count). The molecule has 0 spiro atoms. The van der Waals surface area contributed by atoms with E-state index < -0.39 is 0 Å². The number of benzene rings is 1. The number of carbonyl (C=O) groups excluding carboxylic acids is 1. The Morgan fingerprint density at radius 1 is 1.33 bits per heavy atom. The summed E-state index contributed by atoms with van der Waals surface area (Å²) in [7, 11) is 0. The van der Waals surface area contributed by atoms with E-state index in [2.05, 4.69) is 10.3 Å². The number of imidazole rings is 1. The van der Waals surface area contributed by atoms with Crippen LogP contribution in [0.1, 0.15) is 16.3 Å². The van der Waals surface area contributed by atoms with E-state index in [9.17, 15) is 4.79 Å². The van der Waals surface area contributed by atoms with E-state index >= 15 is 0 Å². The lowest BCUT2D eigenvalue weighted by atomic mass is 10.2. The van der Waals surface area contributed by atoms with Crippen molar-refractivity contribution in [1.82, 2.24) is 9.55 Å². The van der Waals surface area contributed by atoms with Crippen molar-refractivity contribution in [2.24, 2.45) is 5.73 Å². The molecule has 0 atom stereocenters. The molecule has 0 radical (unpaired) electrons. The molecule has 1 amide bonds. The quantitative estimate of drug-likeness (QED) is 0.768. The second kappa shape index (κ2) is 5.64. The minimum atomic E-state index is -0.308. The second-order valence-electron chi connectivity index (χ2n) is 4.44. The van der Waals surface area contributed by atoms with Crippen LogP contribution in [-0.2, 0) is 6.54 Å². The molecule has 0 fully saturated rings. The highest BCUT2D eigenvalue weighted by Crippen LogP contribution is 2.16. The Morgan fingerprint density at radius 3 is 2.95 bits per heavy atom. The van der Waals surface area contributed by atoms with Gasteiger partial charge in [0.1, 0.15) is 5.76 Å². The van der Waals surface area contributed by atoms with Gasteiger partial charge in [0.25, 0.3) is 5.91 Å². The fraction of sp³-hybridized carbons (Fsp3) is 0.0667. The summed E-state index contributed by atoms with van der Waals surface area (Å²) in [6.07, 6.45) is 5.23. The van der Waals surface area contributed by atoms with Crippen molar-refractivity contribution in [1.29, 1.82) is 0 Å². The van der Waals surface area contributed by atoms with Gasteiger partial charge in [-0.25, -0.2) is 4.98 Å². The predicted octanol–water partition coefficient (Wildman–Crippen LogP) is 2.18. The van der Waals surface area contributed by atoms with Crippen LogP contribution >= 0.6 is 0 Å². The number of hydrogen-bond acceptors (Lipinski definition) is 4. The first-order valence-corrected chi connectivity index (χ1v) is 6.45. The van der Waals surface area contributed by atoms with Crippen LogP contribution in [0.3, 0.4) is 0 Å². The molecule has 2 heterocycles. The summed E-state index contributed by atoms with van der Waals surface area (Å²) in [5, 5.41) is 2.79. The molecule has 0 aliphatic heterocycles. The van der Waals surface area contributed by atoms with Crippen molar-refractivity contribution in [2.75, 3.05) is 5.32 Å². The minimum absolute atomic E-state index is 0.239. The van der Waals surface area contributed by atoms with Gasteiger partial charge in [-0.05, 0) is 30.3 Å². The summed E-state index contributed by atoms with van der Waals surface area (Å²) < 4.78 is 7.17. The van der Waals surface area contributed by atoms with Crippen LogP contribution in [0.4, 0.5) is 5.69 Å². The smallest absolute Gasteiger partial charge is 0.291 e. The number of furan rings is 1. The van der Waals surface area contributed by atoms with Crippen LogP contribution in [0, 0.1) is 0 Å². The van der Waals surface area contributed by atoms with Gasteiger partial charge >= 0.3 is 0 Å². The van der Waals surface area contributed by atoms with E-state index in [0.29, 0.717) is 11.4 Å². The highest BCUT2D eigenvalue weighted by Gasteiger charge is 2.11. The Kier molecular flexibility index (Phi) is 3.53. The van der Waals surface area contributed by atoms with Crippen molar-refractivity contribution < 1.29 is 9.21 Å². The Morgan fingerprint density at radius 2 is 2.24 bits per heavy atom. The molecule has 6 nitrogen and oxygen atoms in total. The molecule has 1 aromatic carbocycles. The molecule has 6 heteroatoms. The molecule has 3 N–H and O–H groups in total. The van der Waals surface area contributed by atoms with Gasteiger partial charge in [0.05, 0.1) is 12.9 Å². The van der Waals surface area contributed by atoms with Gasteiger partial charge in [-0.3, -0.25) is 4.79 Å². The van der Waals surface area contributed by atoms with Gasteiger partial charge in [0.15, 0.2) is 5.76 Å². The first-order valence-electron chi connectivity index (χ1n) is 6.45. The van der Waals surface area contributed by atoms with Gasteiger partial charge in [-0.2, -0.15) is 0 Å². The number of nitrogens with zero attached hydrogens (tertiary/aromatic N) is 2. The van der Waals surface area contributed by atoms with Crippen molar-refractivity contribution in [3.05, 3.63) is 66.6 Å². The number of amides is 1. The number of rotatable bonds is 4. The fourth-order valence-electron chi connectivity index (χ4n) is 1.96. The zero-order valence-electron chi connectivity index (χ0n) is 11.2. The highest BCUT2D eigenvalue weighted by molar-refractivity contribution is 6.02. The molecule has 0 saturated carbocycles. The Hall–Kier alpha value is -2.86. The van der Waals surface area contributed by atoms with Crippen LogP contribution in [0.15, 0.2) is 59.5 Å². The lowest BCUT2D eigenvalue weighted by molar-refractivity contribution is 0.0995. The summed E-state index contributed by atoms with van der Waals surface area (Å²) in [5.41, 5.74) is 7.04. The first-order chi connectivity index (χ1) is 10.3. The molecule has 0 unspecified atom stereocenters. The second-order valence-corrected chi connectivity index (χ2v) is 4.44. The van der Waals surface area contributed by atoms with Crippen LogP contribution in [0.5, 0.6) is 0 Å². The van der Waals surface area contributed by atoms with Crippen LogP contribution < -0.4 is 11.1 Å². The topological polar surface area (TPSA) is 86.1 Å². The van der Waals surface area contributed by atoms with Crippen molar-refractivity contribution in [3.8, 4) is 5.69 Å². The lowest BCUT2D eigenvalue weighted by Crippen LogP contribution is -2.11. The molecular weight excluding hydrogens is 268 g/mol. The van der Waals surface area contributed by atoms with Crippen molar-refractivity contribution in [2.45, 2.75) is 6.54 Å². The number of anilines is 1. The van der Waals surface area contributed by atoms with Gasteiger partial charge in [0, 0.05) is 23.8 Å². The van der Waals surface area contributed by atoms with E-state index in [-0.39, 0.29) is 18.2 Å². The lowest BCUT2D eigenvalue weighted by Gasteiger charge is -2.06. The number of hydrogen-bond donors (Lipinski definition) is 2. The summed E-state index contributed by atoms with van der Waals surface area (Å²) in [4.78, 5) is 16.1. The van der Waals surface area contributed by atoms with Crippen LogP contribution in [0.25, 0.3) is 5.69 Å². The largest absolute Gasteiger partial charge is 0.455 e. The molecular formula is C15H14N4O2.